The zero-order chi connectivity index (χ0) is 14.0. The molecule has 0 N–H and O–H groups in total. The van der Waals surface area contributed by atoms with Gasteiger partial charge < -0.3 is 9.80 Å². The highest BCUT2D eigenvalue weighted by Gasteiger charge is 2.27. The Balaban J connectivity index is 2.15. The number of carbonyl (C=O) groups is 1. The van der Waals surface area contributed by atoms with E-state index in [4.69, 9.17) is 0 Å². The maximum Gasteiger partial charge on any atom is 0.268 e. The van der Waals surface area contributed by atoms with E-state index in [9.17, 15) is 9.59 Å². The second kappa shape index (κ2) is 5.42. The fourth-order valence-corrected chi connectivity index (χ4v) is 2.41. The SMILES string of the molecule is CN(C)C(=O)C1CCCN(c2cnn(C)c(=O)c2)C1. The van der Waals surface area contributed by atoms with Gasteiger partial charge in [-0.25, -0.2) is 4.68 Å². The molecule has 6 heteroatoms. The fraction of sp³-hybridized carbons (Fsp3) is 0.615. The highest BCUT2D eigenvalue weighted by molar-refractivity contribution is 5.79. The first-order chi connectivity index (χ1) is 8.99. The molecule has 1 atom stereocenters. The minimum Gasteiger partial charge on any atom is -0.369 e. The summed E-state index contributed by atoms with van der Waals surface area (Å²) in [5.74, 6) is 0.161. The van der Waals surface area contributed by atoms with Crippen molar-refractivity contribution in [2.45, 2.75) is 12.8 Å². The quantitative estimate of drug-likeness (QED) is 0.759. The van der Waals surface area contributed by atoms with Crippen molar-refractivity contribution in [2.75, 3.05) is 32.1 Å². The van der Waals surface area contributed by atoms with Crippen LogP contribution in [-0.4, -0.2) is 47.8 Å². The van der Waals surface area contributed by atoms with E-state index < -0.39 is 0 Å². The molecule has 104 valence electrons. The van der Waals surface area contributed by atoms with Gasteiger partial charge in [0, 0.05) is 40.3 Å². The van der Waals surface area contributed by atoms with E-state index >= 15 is 0 Å². The van der Waals surface area contributed by atoms with E-state index in [1.807, 2.05) is 0 Å². The Hall–Kier alpha value is -1.85. The molecule has 1 aromatic rings. The topological polar surface area (TPSA) is 58.4 Å². The number of amides is 1. The van der Waals surface area contributed by atoms with Crippen molar-refractivity contribution in [1.82, 2.24) is 14.7 Å². The first-order valence-corrected chi connectivity index (χ1v) is 6.48. The number of rotatable bonds is 2. The van der Waals surface area contributed by atoms with Crippen LogP contribution < -0.4 is 10.5 Å². The maximum absolute atomic E-state index is 12.0. The van der Waals surface area contributed by atoms with E-state index in [0.717, 1.165) is 25.1 Å². The first kappa shape index (κ1) is 13.6. The Kier molecular flexibility index (Phi) is 3.87. The normalized spacial score (nSPS) is 19.3. The standard InChI is InChI=1S/C13H20N4O2/c1-15(2)13(19)10-5-4-6-17(9-10)11-7-12(18)16(3)14-8-11/h7-8,10H,4-6,9H2,1-3H3. The summed E-state index contributed by atoms with van der Waals surface area (Å²) in [6, 6.07) is 1.58. The van der Waals surface area contributed by atoms with Gasteiger partial charge in [-0.15, -0.1) is 0 Å². The molecule has 0 bridgehead atoms. The summed E-state index contributed by atoms with van der Waals surface area (Å²) in [7, 11) is 5.18. The summed E-state index contributed by atoms with van der Waals surface area (Å²) in [6.45, 7) is 1.53. The van der Waals surface area contributed by atoms with Crippen LogP contribution in [0.3, 0.4) is 0 Å². The van der Waals surface area contributed by atoms with Crippen molar-refractivity contribution in [3.05, 3.63) is 22.6 Å². The van der Waals surface area contributed by atoms with Gasteiger partial charge in [-0.1, -0.05) is 0 Å². The van der Waals surface area contributed by atoms with Gasteiger partial charge in [0.2, 0.25) is 5.91 Å². The molecule has 6 nitrogen and oxygen atoms in total. The lowest BCUT2D eigenvalue weighted by atomic mass is 9.96. The van der Waals surface area contributed by atoms with Crippen LogP contribution in [0.2, 0.25) is 0 Å². The molecular weight excluding hydrogens is 244 g/mol. The lowest BCUT2D eigenvalue weighted by molar-refractivity contribution is -0.133. The van der Waals surface area contributed by atoms with E-state index in [1.165, 1.54) is 4.68 Å². The average Bonchev–Trinajstić information content (AvgIpc) is 2.41. The summed E-state index contributed by atoms with van der Waals surface area (Å²) in [5.41, 5.74) is 0.679. The predicted molar refractivity (Wildman–Crippen MR) is 73.1 cm³/mol. The van der Waals surface area contributed by atoms with Gasteiger partial charge in [-0.2, -0.15) is 5.10 Å². The highest BCUT2D eigenvalue weighted by Crippen LogP contribution is 2.22. The second-order valence-electron chi connectivity index (χ2n) is 5.19. The summed E-state index contributed by atoms with van der Waals surface area (Å²) in [6.07, 6.45) is 3.55. The number of anilines is 1. The zero-order valence-corrected chi connectivity index (χ0v) is 11.7. The largest absolute Gasteiger partial charge is 0.369 e. The van der Waals surface area contributed by atoms with E-state index in [-0.39, 0.29) is 17.4 Å². The molecule has 2 rings (SSSR count). The van der Waals surface area contributed by atoms with E-state index in [0.29, 0.717) is 6.54 Å². The van der Waals surface area contributed by atoms with Gasteiger partial charge in [0.25, 0.3) is 5.56 Å². The molecule has 0 radical (unpaired) electrons. The van der Waals surface area contributed by atoms with Crippen LogP contribution >= 0.6 is 0 Å². The van der Waals surface area contributed by atoms with Gasteiger partial charge in [-0.3, -0.25) is 9.59 Å². The number of hydrogen-bond acceptors (Lipinski definition) is 4. The van der Waals surface area contributed by atoms with Crippen LogP contribution in [0.1, 0.15) is 12.8 Å². The van der Waals surface area contributed by atoms with Crippen molar-refractivity contribution in [1.29, 1.82) is 0 Å². The number of aromatic nitrogens is 2. The molecule has 1 amide bonds. The number of hydrogen-bond donors (Lipinski definition) is 0. The average molecular weight is 264 g/mol. The van der Waals surface area contributed by atoms with Gasteiger partial charge in [0.1, 0.15) is 0 Å². The van der Waals surface area contributed by atoms with E-state index in [2.05, 4.69) is 10.00 Å². The Morgan fingerprint density at radius 3 is 2.84 bits per heavy atom. The van der Waals surface area contributed by atoms with Crippen LogP contribution in [0.15, 0.2) is 17.1 Å². The monoisotopic (exact) mass is 264 g/mol. The van der Waals surface area contributed by atoms with Gasteiger partial charge in [0.15, 0.2) is 0 Å². The van der Waals surface area contributed by atoms with Crippen LogP contribution in [0.5, 0.6) is 0 Å². The molecule has 1 aliphatic rings. The van der Waals surface area contributed by atoms with Crippen molar-refractivity contribution >= 4 is 11.6 Å². The lowest BCUT2D eigenvalue weighted by Crippen LogP contribution is -2.43. The molecule has 0 saturated carbocycles. The molecule has 0 aliphatic carbocycles. The molecule has 19 heavy (non-hydrogen) atoms. The molecule has 1 aromatic heterocycles. The molecular formula is C13H20N4O2. The third-order valence-corrected chi connectivity index (χ3v) is 3.53. The van der Waals surface area contributed by atoms with Crippen molar-refractivity contribution in [2.24, 2.45) is 13.0 Å². The molecule has 0 spiro atoms. The van der Waals surface area contributed by atoms with E-state index in [1.54, 1.807) is 38.3 Å². The van der Waals surface area contributed by atoms with Gasteiger partial charge in [0.05, 0.1) is 17.8 Å². The molecule has 1 fully saturated rings. The van der Waals surface area contributed by atoms with Crippen molar-refractivity contribution in [3.8, 4) is 0 Å². The minimum atomic E-state index is -0.126. The van der Waals surface area contributed by atoms with Crippen LogP contribution in [0.4, 0.5) is 5.69 Å². The third-order valence-electron chi connectivity index (χ3n) is 3.53. The fourth-order valence-electron chi connectivity index (χ4n) is 2.41. The molecule has 0 aromatic carbocycles. The Morgan fingerprint density at radius 2 is 2.21 bits per heavy atom. The van der Waals surface area contributed by atoms with Gasteiger partial charge >= 0.3 is 0 Å². The molecule has 2 heterocycles. The highest BCUT2D eigenvalue weighted by atomic mass is 16.2. The van der Waals surface area contributed by atoms with Crippen molar-refractivity contribution in [3.63, 3.8) is 0 Å². The lowest BCUT2D eigenvalue weighted by Gasteiger charge is -2.34. The Labute approximate surface area is 112 Å². The summed E-state index contributed by atoms with van der Waals surface area (Å²) in [5, 5.41) is 4.03. The number of piperidine rings is 1. The Morgan fingerprint density at radius 1 is 1.47 bits per heavy atom. The zero-order valence-electron chi connectivity index (χ0n) is 11.7. The molecule has 1 unspecified atom stereocenters. The van der Waals surface area contributed by atoms with Gasteiger partial charge in [-0.05, 0) is 12.8 Å². The molecule has 1 aliphatic heterocycles. The van der Waals surface area contributed by atoms with Crippen LogP contribution in [0.25, 0.3) is 0 Å². The predicted octanol–water partition coefficient (Wildman–Crippen LogP) is 0.0849. The van der Waals surface area contributed by atoms with Crippen LogP contribution in [-0.2, 0) is 11.8 Å². The Bertz CT molecular complexity index is 524. The summed E-state index contributed by atoms with van der Waals surface area (Å²) in [4.78, 5) is 27.3. The number of carbonyl (C=O) groups excluding carboxylic acids is 1. The number of aryl methyl sites for hydroxylation is 1. The third kappa shape index (κ3) is 2.94. The molecule has 1 saturated heterocycles. The summed E-state index contributed by atoms with van der Waals surface area (Å²) >= 11 is 0. The smallest absolute Gasteiger partial charge is 0.268 e. The van der Waals surface area contributed by atoms with Crippen molar-refractivity contribution < 1.29 is 4.79 Å². The second-order valence-corrected chi connectivity index (χ2v) is 5.19. The summed E-state index contributed by atoms with van der Waals surface area (Å²) < 4.78 is 1.30. The first-order valence-electron chi connectivity index (χ1n) is 6.48. The maximum atomic E-state index is 12.0. The van der Waals surface area contributed by atoms with Crippen LogP contribution in [0, 0.1) is 5.92 Å². The number of nitrogens with zero attached hydrogens (tertiary/aromatic N) is 4. The minimum absolute atomic E-state index is 0.00723.